The number of benzene rings is 1. The zero-order valence-corrected chi connectivity index (χ0v) is 13.6. The Morgan fingerprint density at radius 1 is 1.43 bits per heavy atom. The van der Waals surface area contributed by atoms with Gasteiger partial charge in [-0.2, -0.15) is 5.26 Å². The lowest BCUT2D eigenvalue weighted by atomic mass is 9.73. The average molecular weight is 351 g/mol. The van der Waals surface area contributed by atoms with Gasteiger partial charge < -0.3 is 10.1 Å². The van der Waals surface area contributed by atoms with Crippen molar-refractivity contribution in [2.24, 2.45) is 5.92 Å². The Hall–Kier alpha value is -1.38. The SMILES string of the molecule is CC(C#N)CNC(=O)C1(c2ccc(Br)cc2)CCOCC1. The second kappa shape index (κ2) is 7.06. The molecule has 1 heterocycles. The van der Waals surface area contributed by atoms with Crippen molar-refractivity contribution in [3.63, 3.8) is 0 Å². The lowest BCUT2D eigenvalue weighted by Gasteiger charge is -2.36. The first-order valence-corrected chi connectivity index (χ1v) is 7.89. The molecule has 0 aliphatic carbocycles. The van der Waals surface area contributed by atoms with Gasteiger partial charge in [-0.1, -0.05) is 28.1 Å². The summed E-state index contributed by atoms with van der Waals surface area (Å²) in [6, 6.07) is 10.0. The Labute approximate surface area is 133 Å². The van der Waals surface area contributed by atoms with Crippen molar-refractivity contribution in [2.75, 3.05) is 19.8 Å². The van der Waals surface area contributed by atoms with Gasteiger partial charge in [0.15, 0.2) is 0 Å². The third kappa shape index (κ3) is 3.63. The van der Waals surface area contributed by atoms with Crippen molar-refractivity contribution in [2.45, 2.75) is 25.2 Å². The molecule has 5 heteroatoms. The Balaban J connectivity index is 2.22. The fraction of sp³-hybridized carbons (Fsp3) is 0.500. The maximum atomic E-state index is 12.7. The van der Waals surface area contributed by atoms with E-state index in [0.29, 0.717) is 32.6 Å². The fourth-order valence-electron chi connectivity index (χ4n) is 2.60. The van der Waals surface area contributed by atoms with Crippen LogP contribution in [0.25, 0.3) is 0 Å². The molecule has 0 saturated carbocycles. The smallest absolute Gasteiger partial charge is 0.230 e. The number of nitrogens with zero attached hydrogens (tertiary/aromatic N) is 1. The van der Waals surface area contributed by atoms with Crippen molar-refractivity contribution < 1.29 is 9.53 Å². The molecule has 1 fully saturated rings. The highest BCUT2D eigenvalue weighted by Gasteiger charge is 2.41. The number of halogens is 1. The summed E-state index contributed by atoms with van der Waals surface area (Å²) in [7, 11) is 0. The molecule has 112 valence electrons. The number of hydrogen-bond donors (Lipinski definition) is 1. The molecular formula is C16H19BrN2O2. The van der Waals surface area contributed by atoms with E-state index >= 15 is 0 Å². The van der Waals surface area contributed by atoms with Crippen LogP contribution in [0.15, 0.2) is 28.7 Å². The minimum atomic E-state index is -0.547. The first-order valence-electron chi connectivity index (χ1n) is 7.10. The average Bonchev–Trinajstić information content (AvgIpc) is 2.53. The minimum Gasteiger partial charge on any atom is -0.381 e. The summed E-state index contributed by atoms with van der Waals surface area (Å²) in [6.07, 6.45) is 1.34. The highest BCUT2D eigenvalue weighted by Crippen LogP contribution is 2.35. The molecule has 1 aliphatic heterocycles. The van der Waals surface area contributed by atoms with E-state index in [-0.39, 0.29) is 11.8 Å². The lowest BCUT2D eigenvalue weighted by molar-refractivity contribution is -0.130. The molecule has 1 saturated heterocycles. The molecule has 1 amide bonds. The van der Waals surface area contributed by atoms with Crippen molar-refractivity contribution in [3.8, 4) is 6.07 Å². The van der Waals surface area contributed by atoms with Crippen LogP contribution in [0.1, 0.15) is 25.3 Å². The van der Waals surface area contributed by atoms with Crippen molar-refractivity contribution in [1.29, 1.82) is 5.26 Å². The first kappa shape index (κ1) is 16.0. The van der Waals surface area contributed by atoms with Gasteiger partial charge in [0.1, 0.15) is 0 Å². The second-order valence-corrected chi connectivity index (χ2v) is 6.36. The van der Waals surface area contributed by atoms with Crippen LogP contribution in [0.5, 0.6) is 0 Å². The van der Waals surface area contributed by atoms with Gasteiger partial charge in [0, 0.05) is 24.2 Å². The van der Waals surface area contributed by atoms with Crippen molar-refractivity contribution in [1.82, 2.24) is 5.32 Å². The molecule has 4 nitrogen and oxygen atoms in total. The quantitative estimate of drug-likeness (QED) is 0.907. The van der Waals surface area contributed by atoms with Gasteiger partial charge >= 0.3 is 0 Å². The van der Waals surface area contributed by atoms with Gasteiger partial charge in [0.05, 0.1) is 17.4 Å². The lowest BCUT2D eigenvalue weighted by Crippen LogP contribution is -2.48. The monoisotopic (exact) mass is 350 g/mol. The summed E-state index contributed by atoms with van der Waals surface area (Å²) in [6.45, 7) is 3.35. The van der Waals surface area contributed by atoms with E-state index in [1.807, 2.05) is 24.3 Å². The van der Waals surface area contributed by atoms with Gasteiger partial charge in [-0.05, 0) is 37.5 Å². The van der Waals surface area contributed by atoms with Gasteiger partial charge in [0.25, 0.3) is 0 Å². The normalized spacial score (nSPS) is 18.5. The number of carbonyl (C=O) groups excluding carboxylic acids is 1. The standard InChI is InChI=1S/C16H19BrN2O2/c1-12(10-18)11-19-15(20)16(6-8-21-9-7-16)13-2-4-14(17)5-3-13/h2-5,12H,6-9,11H2,1H3,(H,19,20). The number of rotatable bonds is 4. The van der Waals surface area contributed by atoms with Crippen LogP contribution in [0.3, 0.4) is 0 Å². The molecule has 1 atom stereocenters. The molecule has 1 aromatic carbocycles. The van der Waals surface area contributed by atoms with E-state index in [1.165, 1.54) is 0 Å². The maximum Gasteiger partial charge on any atom is 0.230 e. The molecule has 1 aliphatic rings. The Morgan fingerprint density at radius 3 is 2.62 bits per heavy atom. The molecule has 0 bridgehead atoms. The van der Waals surface area contributed by atoms with Crippen LogP contribution in [-0.4, -0.2) is 25.7 Å². The van der Waals surface area contributed by atoms with Crippen LogP contribution in [-0.2, 0) is 14.9 Å². The number of hydrogen-bond acceptors (Lipinski definition) is 3. The molecule has 1 aromatic rings. The first-order chi connectivity index (χ1) is 10.1. The second-order valence-electron chi connectivity index (χ2n) is 5.44. The van der Waals surface area contributed by atoms with Crippen molar-refractivity contribution in [3.05, 3.63) is 34.3 Å². The van der Waals surface area contributed by atoms with Gasteiger partial charge in [-0.15, -0.1) is 0 Å². The Bertz CT molecular complexity index is 530. The summed E-state index contributed by atoms with van der Waals surface area (Å²) in [5, 5.41) is 11.8. The summed E-state index contributed by atoms with van der Waals surface area (Å²) < 4.78 is 6.42. The van der Waals surface area contributed by atoms with Crippen LogP contribution in [0, 0.1) is 17.2 Å². The topological polar surface area (TPSA) is 62.1 Å². The van der Waals surface area contributed by atoms with E-state index in [4.69, 9.17) is 10.00 Å². The van der Waals surface area contributed by atoms with Gasteiger partial charge in [0.2, 0.25) is 5.91 Å². The summed E-state index contributed by atoms with van der Waals surface area (Å²) in [5.74, 6) is -0.189. The zero-order valence-electron chi connectivity index (χ0n) is 12.1. The van der Waals surface area contributed by atoms with Gasteiger partial charge in [-0.3, -0.25) is 4.79 Å². The molecule has 0 radical (unpaired) electrons. The Morgan fingerprint density at radius 2 is 2.05 bits per heavy atom. The molecule has 2 rings (SSSR count). The summed E-state index contributed by atoms with van der Waals surface area (Å²) in [5.41, 5.74) is 0.463. The largest absolute Gasteiger partial charge is 0.381 e. The van der Waals surface area contributed by atoms with Crippen molar-refractivity contribution >= 4 is 21.8 Å². The molecular weight excluding hydrogens is 332 g/mol. The minimum absolute atomic E-state index is 0.00442. The van der Waals surface area contributed by atoms with Crippen LogP contribution >= 0.6 is 15.9 Å². The highest BCUT2D eigenvalue weighted by molar-refractivity contribution is 9.10. The maximum absolute atomic E-state index is 12.7. The number of nitriles is 1. The van der Waals surface area contributed by atoms with Crippen LogP contribution in [0.2, 0.25) is 0 Å². The summed E-state index contributed by atoms with van der Waals surface area (Å²) in [4.78, 5) is 12.7. The zero-order chi connectivity index (χ0) is 15.3. The third-order valence-corrected chi connectivity index (χ3v) is 4.50. The predicted molar refractivity (Wildman–Crippen MR) is 83.7 cm³/mol. The molecule has 1 unspecified atom stereocenters. The third-order valence-electron chi connectivity index (χ3n) is 3.97. The Kier molecular flexibility index (Phi) is 5.38. The summed E-state index contributed by atoms with van der Waals surface area (Å²) >= 11 is 3.42. The van der Waals surface area contributed by atoms with Crippen LogP contribution < -0.4 is 5.32 Å². The fourth-order valence-corrected chi connectivity index (χ4v) is 2.86. The van der Waals surface area contributed by atoms with E-state index in [2.05, 4.69) is 27.3 Å². The molecule has 0 aromatic heterocycles. The molecule has 0 spiro atoms. The van der Waals surface area contributed by atoms with E-state index in [9.17, 15) is 4.79 Å². The number of nitrogens with one attached hydrogen (secondary N) is 1. The van der Waals surface area contributed by atoms with Gasteiger partial charge in [-0.25, -0.2) is 0 Å². The number of ether oxygens (including phenoxy) is 1. The van der Waals surface area contributed by atoms with E-state index < -0.39 is 5.41 Å². The molecule has 21 heavy (non-hydrogen) atoms. The van der Waals surface area contributed by atoms with E-state index in [0.717, 1.165) is 10.0 Å². The number of carbonyl (C=O) groups is 1. The molecule has 1 N–H and O–H groups in total. The van der Waals surface area contributed by atoms with Crippen LogP contribution in [0.4, 0.5) is 0 Å². The predicted octanol–water partition coefficient (Wildman–Crippen LogP) is 2.77. The van der Waals surface area contributed by atoms with E-state index in [1.54, 1.807) is 6.92 Å². The number of amides is 1. The highest BCUT2D eigenvalue weighted by atomic mass is 79.9.